The van der Waals surface area contributed by atoms with Gasteiger partial charge >= 0.3 is 12.1 Å². The van der Waals surface area contributed by atoms with E-state index >= 15 is 0 Å². The van der Waals surface area contributed by atoms with Gasteiger partial charge in [0.1, 0.15) is 11.3 Å². The molecule has 10 nitrogen and oxygen atoms in total. The van der Waals surface area contributed by atoms with Gasteiger partial charge in [-0.15, -0.1) is 0 Å². The number of aromatic nitrogens is 2. The van der Waals surface area contributed by atoms with E-state index < -0.39 is 24.3 Å². The van der Waals surface area contributed by atoms with Crippen LogP contribution < -0.4 is 15.4 Å². The molecule has 1 aromatic heterocycles. The van der Waals surface area contributed by atoms with Crippen molar-refractivity contribution in [2.24, 2.45) is 0 Å². The number of carboxylic acid groups (broad SMARTS) is 1. The van der Waals surface area contributed by atoms with Gasteiger partial charge in [0.15, 0.2) is 6.61 Å². The molecule has 10 heteroatoms. The summed E-state index contributed by atoms with van der Waals surface area (Å²) < 4.78 is 17.0. The van der Waals surface area contributed by atoms with Crippen molar-refractivity contribution in [1.29, 1.82) is 0 Å². The van der Waals surface area contributed by atoms with Gasteiger partial charge in [-0.2, -0.15) is 0 Å². The normalized spacial score (nSPS) is 25.8. The number of nitrogens with zero attached hydrogens (tertiary/aromatic N) is 2. The van der Waals surface area contributed by atoms with Crippen molar-refractivity contribution in [3.05, 3.63) is 18.1 Å². The molecule has 3 rings (SSSR count). The van der Waals surface area contributed by atoms with Gasteiger partial charge in [-0.25, -0.2) is 14.6 Å². The summed E-state index contributed by atoms with van der Waals surface area (Å²) in [5, 5.41) is 15.3. The lowest BCUT2D eigenvalue weighted by atomic mass is 9.85. The molecule has 0 aromatic carbocycles. The fourth-order valence-corrected chi connectivity index (χ4v) is 4.36. The quantitative estimate of drug-likeness (QED) is 0.531. The van der Waals surface area contributed by atoms with Gasteiger partial charge in [-0.1, -0.05) is 0 Å². The van der Waals surface area contributed by atoms with Crippen LogP contribution in [0.15, 0.2) is 12.4 Å². The van der Waals surface area contributed by atoms with Crippen LogP contribution in [-0.4, -0.2) is 70.7 Å². The molecule has 184 valence electrons. The molecule has 3 N–H and O–H groups in total. The molecule has 1 saturated carbocycles. The highest BCUT2D eigenvalue weighted by Gasteiger charge is 2.31. The molecule has 0 unspecified atom stereocenters. The third-order valence-electron chi connectivity index (χ3n) is 5.88. The summed E-state index contributed by atoms with van der Waals surface area (Å²) in [6.07, 6.45) is 8.21. The zero-order valence-corrected chi connectivity index (χ0v) is 19.7. The summed E-state index contributed by atoms with van der Waals surface area (Å²) in [5.41, 5.74) is 0.186. The predicted octanol–water partition coefficient (Wildman–Crippen LogP) is 2.63. The van der Waals surface area contributed by atoms with Crippen LogP contribution in [0, 0.1) is 0 Å². The summed E-state index contributed by atoms with van der Waals surface area (Å²) >= 11 is 0. The first-order valence-corrected chi connectivity index (χ1v) is 11.7. The first-order chi connectivity index (χ1) is 15.7. The molecule has 1 saturated heterocycles. The number of hydrogen-bond donors (Lipinski definition) is 3. The highest BCUT2D eigenvalue weighted by molar-refractivity contribution is 5.68. The van der Waals surface area contributed by atoms with Crippen molar-refractivity contribution < 1.29 is 28.9 Å². The van der Waals surface area contributed by atoms with Gasteiger partial charge in [0.05, 0.1) is 18.8 Å². The first kappa shape index (κ1) is 25.2. The average Bonchev–Trinajstić information content (AvgIpc) is 2.76. The van der Waals surface area contributed by atoms with Crippen LogP contribution in [0.3, 0.4) is 0 Å². The number of carbonyl (C=O) groups excluding carboxylic acids is 1. The molecular formula is C23H36N4O6. The van der Waals surface area contributed by atoms with Gasteiger partial charge in [0.25, 0.3) is 0 Å². The second-order valence-electron chi connectivity index (χ2n) is 9.69. The molecule has 0 spiro atoms. The van der Waals surface area contributed by atoms with Gasteiger partial charge in [-0.3, -0.25) is 4.98 Å². The minimum atomic E-state index is -1.04. The molecule has 2 atom stereocenters. The number of alkyl carbamates (subject to hydrolysis) is 1. The maximum Gasteiger partial charge on any atom is 0.407 e. The minimum Gasteiger partial charge on any atom is -0.479 e. The summed E-state index contributed by atoms with van der Waals surface area (Å²) in [4.78, 5) is 31.6. The number of rotatable bonds is 8. The number of nitrogens with one attached hydrogen (secondary N) is 2. The van der Waals surface area contributed by atoms with E-state index in [4.69, 9.17) is 19.3 Å². The molecule has 2 heterocycles. The predicted molar refractivity (Wildman–Crippen MR) is 120 cm³/mol. The van der Waals surface area contributed by atoms with E-state index in [0.717, 1.165) is 45.1 Å². The molecule has 0 radical (unpaired) electrons. The third kappa shape index (κ3) is 8.12. The topological polar surface area (TPSA) is 132 Å². The molecule has 0 bridgehead atoms. The van der Waals surface area contributed by atoms with Crippen LogP contribution in [0.5, 0.6) is 5.88 Å². The minimum absolute atomic E-state index is 0.0292. The van der Waals surface area contributed by atoms with E-state index in [1.54, 1.807) is 6.20 Å². The highest BCUT2D eigenvalue weighted by atomic mass is 16.6. The van der Waals surface area contributed by atoms with Crippen molar-refractivity contribution in [3.63, 3.8) is 0 Å². The Hall–Kier alpha value is -2.46. The summed E-state index contributed by atoms with van der Waals surface area (Å²) in [6, 6.07) is 0.0125. The molecule has 2 aliphatic rings. The number of piperidine rings is 1. The Balaban J connectivity index is 1.47. The summed E-state index contributed by atoms with van der Waals surface area (Å²) in [7, 11) is 0. The van der Waals surface area contributed by atoms with Crippen molar-refractivity contribution in [1.82, 2.24) is 20.6 Å². The second kappa shape index (κ2) is 11.6. The van der Waals surface area contributed by atoms with E-state index in [9.17, 15) is 9.59 Å². The number of ether oxygens (including phenoxy) is 3. The largest absolute Gasteiger partial charge is 0.479 e. The Morgan fingerprint density at radius 2 is 1.88 bits per heavy atom. The first-order valence-electron chi connectivity index (χ1n) is 11.7. The summed E-state index contributed by atoms with van der Waals surface area (Å²) in [6.45, 7) is 6.55. The average molecular weight is 465 g/mol. The SMILES string of the molecule is CC(C)(C)OC(=O)N[C@H]1CCCN[C@H]1COC1CCC(c2nccnc2OCC(=O)O)CC1. The van der Waals surface area contributed by atoms with Crippen LogP contribution >= 0.6 is 0 Å². The Bertz CT molecular complexity index is 791. The van der Waals surface area contributed by atoms with E-state index in [0.29, 0.717) is 18.2 Å². The molecule has 1 aromatic rings. The van der Waals surface area contributed by atoms with Crippen molar-refractivity contribution in [2.45, 2.75) is 89.0 Å². The van der Waals surface area contributed by atoms with Crippen LogP contribution in [0.1, 0.15) is 70.9 Å². The molecule has 1 aliphatic carbocycles. The Kier molecular flexibility index (Phi) is 8.85. The Morgan fingerprint density at radius 1 is 1.15 bits per heavy atom. The van der Waals surface area contributed by atoms with Gasteiger partial charge < -0.3 is 30.0 Å². The van der Waals surface area contributed by atoms with Crippen molar-refractivity contribution in [3.8, 4) is 5.88 Å². The number of carboxylic acids is 1. The Morgan fingerprint density at radius 3 is 2.58 bits per heavy atom. The lowest BCUT2D eigenvalue weighted by molar-refractivity contribution is -0.139. The number of hydrogen-bond acceptors (Lipinski definition) is 8. The summed E-state index contributed by atoms with van der Waals surface area (Å²) in [5.74, 6) is -0.581. The fraction of sp³-hybridized carbons (Fsp3) is 0.739. The van der Waals surface area contributed by atoms with Crippen LogP contribution in [0.25, 0.3) is 0 Å². The zero-order valence-electron chi connectivity index (χ0n) is 19.7. The molecular weight excluding hydrogens is 428 g/mol. The molecule has 2 fully saturated rings. The number of carbonyl (C=O) groups is 2. The van der Waals surface area contributed by atoms with Crippen molar-refractivity contribution >= 4 is 12.1 Å². The highest BCUT2D eigenvalue weighted by Crippen LogP contribution is 2.36. The van der Waals surface area contributed by atoms with Crippen molar-refractivity contribution in [2.75, 3.05) is 19.8 Å². The van der Waals surface area contributed by atoms with Crippen LogP contribution in [-0.2, 0) is 14.3 Å². The number of amides is 1. The second-order valence-corrected chi connectivity index (χ2v) is 9.69. The maximum absolute atomic E-state index is 12.2. The molecule has 1 aliphatic heterocycles. The van der Waals surface area contributed by atoms with Gasteiger partial charge in [0, 0.05) is 24.4 Å². The standard InChI is InChI=1S/C23H36N4O6/c1-23(2,3)33-22(30)27-17-5-4-10-24-18(17)13-31-16-8-6-15(7-9-16)20-21(26-12-11-25-20)32-14-19(28)29/h11-12,15-18,24H,4-10,13-14H2,1-3H3,(H,27,30)(H,28,29)/t15?,16?,17-,18-/m0/s1. The molecule has 33 heavy (non-hydrogen) atoms. The van der Waals surface area contributed by atoms with E-state index in [-0.39, 0.29) is 24.1 Å². The zero-order chi connectivity index (χ0) is 23.8. The van der Waals surface area contributed by atoms with Crippen LogP contribution in [0.4, 0.5) is 4.79 Å². The Labute approximate surface area is 194 Å². The lowest BCUT2D eigenvalue weighted by Gasteiger charge is -2.35. The van der Waals surface area contributed by atoms with E-state index in [1.807, 2.05) is 20.8 Å². The van der Waals surface area contributed by atoms with Gasteiger partial charge in [0.2, 0.25) is 5.88 Å². The lowest BCUT2D eigenvalue weighted by Crippen LogP contribution is -2.56. The third-order valence-corrected chi connectivity index (χ3v) is 5.88. The number of aliphatic carboxylic acids is 1. The van der Waals surface area contributed by atoms with Crippen LogP contribution in [0.2, 0.25) is 0 Å². The molecule has 1 amide bonds. The maximum atomic E-state index is 12.2. The monoisotopic (exact) mass is 464 g/mol. The van der Waals surface area contributed by atoms with E-state index in [1.165, 1.54) is 6.20 Å². The van der Waals surface area contributed by atoms with Gasteiger partial charge in [-0.05, 0) is 65.8 Å². The van der Waals surface area contributed by atoms with E-state index in [2.05, 4.69) is 20.6 Å². The smallest absolute Gasteiger partial charge is 0.407 e. The fourth-order valence-electron chi connectivity index (χ4n) is 4.36.